The Morgan fingerprint density at radius 3 is 2.46 bits per heavy atom. The number of rotatable bonds is 2. The van der Waals surface area contributed by atoms with Crippen LogP contribution in [0.4, 0.5) is 10.2 Å². The summed E-state index contributed by atoms with van der Waals surface area (Å²) in [6.45, 7) is 0. The normalized spacial score (nSPS) is 11.9. The van der Waals surface area contributed by atoms with Gasteiger partial charge in [-0.2, -0.15) is 5.10 Å². The summed E-state index contributed by atoms with van der Waals surface area (Å²) in [5.41, 5.74) is 5.12. The molecule has 0 spiro atoms. The maximum Gasteiger partial charge on any atom is 0.189 e. The number of aryl methyl sites for hydroxylation is 1. The molecule has 0 amide bonds. The number of sulfone groups is 1. The summed E-state index contributed by atoms with van der Waals surface area (Å²) in [4.78, 5) is 0. The highest BCUT2D eigenvalue weighted by molar-refractivity contribution is 7.89. The molecule has 0 atom stereocenters. The van der Waals surface area contributed by atoms with Crippen molar-refractivity contribution >= 4 is 15.7 Å². The van der Waals surface area contributed by atoms with Crippen molar-refractivity contribution in [3.63, 3.8) is 0 Å². The molecule has 0 radical (unpaired) electrons. The smallest absolute Gasteiger partial charge is 0.189 e. The molecule has 0 saturated heterocycles. The fourth-order valence-corrected chi connectivity index (χ4v) is 1.59. The van der Waals surface area contributed by atoms with Gasteiger partial charge in [0, 0.05) is 13.3 Å². The molecule has 1 aromatic rings. The van der Waals surface area contributed by atoms with Crippen molar-refractivity contribution in [2.24, 2.45) is 7.05 Å². The topological polar surface area (TPSA) is 78.0 Å². The van der Waals surface area contributed by atoms with Crippen molar-refractivity contribution in [2.75, 3.05) is 12.0 Å². The Morgan fingerprint density at radius 1 is 1.62 bits per heavy atom. The largest absolute Gasteiger partial charge is 0.381 e. The minimum atomic E-state index is -3.27. The molecule has 0 aliphatic heterocycles. The molecule has 1 aromatic heterocycles. The van der Waals surface area contributed by atoms with E-state index in [2.05, 4.69) is 5.10 Å². The van der Waals surface area contributed by atoms with Crippen molar-refractivity contribution in [1.82, 2.24) is 9.78 Å². The predicted octanol–water partition coefficient (Wildman–Crippen LogP) is -0.314. The molecule has 0 aliphatic rings. The molecular weight excluding hydrogens is 197 g/mol. The number of halogens is 1. The van der Waals surface area contributed by atoms with Gasteiger partial charge in [-0.1, -0.05) is 0 Å². The Kier molecular flexibility index (Phi) is 2.29. The van der Waals surface area contributed by atoms with E-state index in [1.807, 2.05) is 0 Å². The Balaban J connectivity index is 3.11. The van der Waals surface area contributed by atoms with E-state index in [0.717, 1.165) is 10.9 Å². The number of nitrogens with zero attached hydrogens (tertiary/aromatic N) is 2. The molecule has 7 heteroatoms. The maximum absolute atomic E-state index is 13.1. The fraction of sp³-hybridized carbons (Fsp3) is 0.500. The molecule has 0 aliphatic carbocycles. The monoisotopic (exact) mass is 207 g/mol. The van der Waals surface area contributed by atoms with Gasteiger partial charge in [-0.15, -0.1) is 0 Å². The zero-order chi connectivity index (χ0) is 10.2. The fourth-order valence-electron chi connectivity index (χ4n) is 0.909. The molecule has 5 nitrogen and oxygen atoms in total. The minimum absolute atomic E-state index is 0.137. The van der Waals surface area contributed by atoms with E-state index >= 15 is 0 Å². The van der Waals surface area contributed by atoms with E-state index < -0.39 is 21.4 Å². The zero-order valence-corrected chi connectivity index (χ0v) is 8.10. The first-order valence-corrected chi connectivity index (χ1v) is 5.52. The average molecular weight is 207 g/mol. The molecule has 1 rings (SSSR count). The van der Waals surface area contributed by atoms with Gasteiger partial charge in [0.2, 0.25) is 0 Å². The van der Waals surface area contributed by atoms with Crippen LogP contribution in [-0.4, -0.2) is 24.5 Å². The third-order valence-corrected chi connectivity index (χ3v) is 2.29. The lowest BCUT2D eigenvalue weighted by atomic mass is 10.4. The van der Waals surface area contributed by atoms with E-state index in [-0.39, 0.29) is 11.5 Å². The van der Waals surface area contributed by atoms with E-state index in [1.54, 1.807) is 0 Å². The van der Waals surface area contributed by atoms with Crippen LogP contribution in [-0.2, 0) is 22.6 Å². The highest BCUT2D eigenvalue weighted by Gasteiger charge is 2.17. The second kappa shape index (κ2) is 2.99. The van der Waals surface area contributed by atoms with Crippen LogP contribution in [0.1, 0.15) is 5.69 Å². The van der Waals surface area contributed by atoms with Crippen LogP contribution >= 0.6 is 0 Å². The summed E-state index contributed by atoms with van der Waals surface area (Å²) in [5, 5.41) is 3.63. The summed E-state index contributed by atoms with van der Waals surface area (Å²) in [6.07, 6.45) is 1.01. The quantitative estimate of drug-likeness (QED) is 0.721. The van der Waals surface area contributed by atoms with Crippen LogP contribution < -0.4 is 5.73 Å². The van der Waals surface area contributed by atoms with E-state index in [4.69, 9.17) is 5.73 Å². The van der Waals surface area contributed by atoms with E-state index in [0.29, 0.717) is 0 Å². The minimum Gasteiger partial charge on any atom is -0.381 e. The Hall–Kier alpha value is -1.11. The molecule has 1 heterocycles. The van der Waals surface area contributed by atoms with Gasteiger partial charge in [0.25, 0.3) is 0 Å². The SMILES string of the molecule is Cn1nc(CS(C)(=O)=O)c(F)c1N. The summed E-state index contributed by atoms with van der Waals surface area (Å²) < 4.78 is 35.8. The lowest BCUT2D eigenvalue weighted by Gasteiger charge is -1.92. The lowest BCUT2D eigenvalue weighted by molar-refractivity contribution is 0.592. The van der Waals surface area contributed by atoms with Crippen molar-refractivity contribution in [1.29, 1.82) is 0 Å². The lowest BCUT2D eigenvalue weighted by Crippen LogP contribution is -2.03. The second-order valence-electron chi connectivity index (χ2n) is 2.84. The summed E-state index contributed by atoms with van der Waals surface area (Å²) in [6, 6.07) is 0. The number of nitrogen functional groups attached to an aromatic ring is 1. The molecule has 0 fully saturated rings. The van der Waals surface area contributed by atoms with E-state index in [9.17, 15) is 12.8 Å². The number of aromatic nitrogens is 2. The van der Waals surface area contributed by atoms with Crippen LogP contribution in [0.3, 0.4) is 0 Å². The van der Waals surface area contributed by atoms with Gasteiger partial charge in [0.15, 0.2) is 21.5 Å². The first-order valence-electron chi connectivity index (χ1n) is 3.46. The Morgan fingerprint density at radius 2 is 2.15 bits per heavy atom. The van der Waals surface area contributed by atoms with E-state index in [1.165, 1.54) is 7.05 Å². The van der Waals surface area contributed by atoms with Gasteiger partial charge >= 0.3 is 0 Å². The first-order chi connectivity index (χ1) is 5.81. The van der Waals surface area contributed by atoms with Gasteiger partial charge in [0.05, 0.1) is 5.75 Å². The Bertz CT molecular complexity index is 423. The third kappa shape index (κ3) is 2.18. The molecule has 0 bridgehead atoms. The average Bonchev–Trinajstić information content (AvgIpc) is 2.15. The molecule has 74 valence electrons. The molecule has 0 saturated carbocycles. The molecule has 13 heavy (non-hydrogen) atoms. The first kappa shape index (κ1) is 9.97. The van der Waals surface area contributed by atoms with Crippen LogP contribution in [0.15, 0.2) is 0 Å². The van der Waals surface area contributed by atoms with Crippen molar-refractivity contribution in [3.05, 3.63) is 11.5 Å². The number of nitrogens with two attached hydrogens (primary N) is 1. The van der Waals surface area contributed by atoms with Crippen molar-refractivity contribution < 1.29 is 12.8 Å². The third-order valence-electron chi connectivity index (χ3n) is 1.50. The summed E-state index contributed by atoms with van der Waals surface area (Å²) in [5.74, 6) is -1.34. The van der Waals surface area contributed by atoms with Crippen LogP contribution in [0, 0.1) is 5.82 Å². The predicted molar refractivity (Wildman–Crippen MR) is 46.1 cm³/mol. The molecular formula is C6H10FN3O2S. The van der Waals surface area contributed by atoms with Crippen LogP contribution in [0.2, 0.25) is 0 Å². The summed E-state index contributed by atoms with van der Waals surface area (Å²) in [7, 11) is -1.83. The summed E-state index contributed by atoms with van der Waals surface area (Å²) >= 11 is 0. The zero-order valence-electron chi connectivity index (χ0n) is 7.28. The number of hydrogen-bond donors (Lipinski definition) is 1. The molecule has 0 aromatic carbocycles. The highest BCUT2D eigenvalue weighted by Crippen LogP contribution is 2.14. The molecule has 0 unspecified atom stereocenters. The Labute approximate surface area is 75.3 Å². The van der Waals surface area contributed by atoms with Gasteiger partial charge in [-0.05, 0) is 0 Å². The van der Waals surface area contributed by atoms with Crippen LogP contribution in [0.5, 0.6) is 0 Å². The van der Waals surface area contributed by atoms with Gasteiger partial charge in [0.1, 0.15) is 5.69 Å². The van der Waals surface area contributed by atoms with Crippen LogP contribution in [0.25, 0.3) is 0 Å². The number of hydrogen-bond acceptors (Lipinski definition) is 4. The van der Waals surface area contributed by atoms with Crippen molar-refractivity contribution in [2.45, 2.75) is 5.75 Å². The van der Waals surface area contributed by atoms with Gasteiger partial charge in [-0.25, -0.2) is 12.8 Å². The van der Waals surface area contributed by atoms with Gasteiger partial charge in [-0.3, -0.25) is 4.68 Å². The maximum atomic E-state index is 13.1. The van der Waals surface area contributed by atoms with Gasteiger partial charge < -0.3 is 5.73 Å². The second-order valence-corrected chi connectivity index (χ2v) is 4.98. The highest BCUT2D eigenvalue weighted by atomic mass is 32.2. The standard InChI is InChI=1S/C6H10FN3O2S/c1-10-6(8)5(7)4(9-10)3-13(2,11)12/h3,8H2,1-2H3. The van der Waals surface area contributed by atoms with Crippen molar-refractivity contribution in [3.8, 4) is 0 Å². The molecule has 2 N–H and O–H groups in total. The number of anilines is 1.